The van der Waals surface area contributed by atoms with Crippen molar-refractivity contribution in [3.63, 3.8) is 0 Å². The Morgan fingerprint density at radius 1 is 1.00 bits per heavy atom. The van der Waals surface area contributed by atoms with Gasteiger partial charge in [-0.05, 0) is 27.7 Å². The van der Waals surface area contributed by atoms with Gasteiger partial charge in [-0.15, -0.1) is 0 Å². The third-order valence-corrected chi connectivity index (χ3v) is 4.33. The molecule has 1 aliphatic heterocycles. The Hall–Kier alpha value is -3.15. The van der Waals surface area contributed by atoms with Crippen molar-refractivity contribution in [3.05, 3.63) is 71.8 Å². The lowest BCUT2D eigenvalue weighted by molar-refractivity contribution is -0.149. The number of amides is 2. The Morgan fingerprint density at radius 3 is 1.93 bits per heavy atom. The van der Waals surface area contributed by atoms with Gasteiger partial charge in [0.2, 0.25) is 0 Å². The van der Waals surface area contributed by atoms with Crippen molar-refractivity contribution in [1.29, 1.82) is 0 Å². The molecule has 0 radical (unpaired) electrons. The number of carbonyl (C=O) groups excluding carboxylic acids is 2. The van der Waals surface area contributed by atoms with Gasteiger partial charge in [-0.1, -0.05) is 60.7 Å². The second-order valence-electron chi connectivity index (χ2n) is 7.73. The third kappa shape index (κ3) is 4.39. The van der Waals surface area contributed by atoms with Crippen molar-refractivity contribution in [2.24, 2.45) is 5.10 Å². The van der Waals surface area contributed by atoms with E-state index in [0.29, 0.717) is 5.71 Å². The molecule has 28 heavy (non-hydrogen) atoms. The summed E-state index contributed by atoms with van der Waals surface area (Å²) in [5.41, 5.74) is 1.91. The molecular formula is C22H25N3O3. The average molecular weight is 379 g/mol. The van der Waals surface area contributed by atoms with Crippen LogP contribution in [0.25, 0.3) is 0 Å². The molecule has 2 amide bonds. The molecule has 6 nitrogen and oxygen atoms in total. The maximum Gasteiger partial charge on any atom is 0.408 e. The zero-order chi connectivity index (χ0) is 20.3. The largest absolute Gasteiger partial charge is 0.444 e. The first-order valence-electron chi connectivity index (χ1n) is 9.28. The molecule has 1 aliphatic rings. The molecule has 1 saturated heterocycles. The predicted molar refractivity (Wildman–Crippen MR) is 108 cm³/mol. The zero-order valence-corrected chi connectivity index (χ0v) is 16.5. The van der Waals surface area contributed by atoms with E-state index in [0.717, 1.165) is 11.1 Å². The molecule has 0 aliphatic carbocycles. The molecule has 0 unspecified atom stereocenters. The highest BCUT2D eigenvalue weighted by Gasteiger charge is 2.46. The third-order valence-electron chi connectivity index (χ3n) is 4.33. The SMILES string of the molecule is C[C@H]1[C@H](NC(=O)OC(C)(C)C)C(=O)N1N=C(c1ccccc1)c1ccccc1. The van der Waals surface area contributed by atoms with E-state index in [1.807, 2.05) is 67.6 Å². The Balaban J connectivity index is 1.81. The van der Waals surface area contributed by atoms with E-state index in [1.54, 1.807) is 20.8 Å². The number of rotatable bonds is 4. The Kier molecular flexibility index (Phi) is 5.49. The number of ether oxygens (including phenoxy) is 1. The Bertz CT molecular complexity index is 831. The molecule has 146 valence electrons. The summed E-state index contributed by atoms with van der Waals surface area (Å²) in [6.45, 7) is 7.18. The number of carbonyl (C=O) groups is 2. The molecule has 1 N–H and O–H groups in total. The van der Waals surface area contributed by atoms with Gasteiger partial charge in [-0.25, -0.2) is 9.80 Å². The van der Waals surface area contributed by atoms with Crippen molar-refractivity contribution in [2.45, 2.75) is 45.4 Å². The molecule has 0 aromatic heterocycles. The molecule has 6 heteroatoms. The van der Waals surface area contributed by atoms with Gasteiger partial charge in [-0.3, -0.25) is 4.79 Å². The standard InChI is InChI=1S/C22H25N3O3/c1-15-18(23-21(27)28-22(2,3)4)20(26)25(15)24-19(16-11-7-5-8-12-16)17-13-9-6-10-14-17/h5-15,18H,1-4H3,(H,23,27)/t15-,18-/m0/s1. The minimum atomic E-state index is -0.647. The van der Waals surface area contributed by atoms with Crippen LogP contribution < -0.4 is 5.32 Å². The van der Waals surface area contributed by atoms with Gasteiger partial charge in [0.05, 0.1) is 11.8 Å². The number of nitrogens with zero attached hydrogens (tertiary/aromatic N) is 2. The molecule has 0 saturated carbocycles. The fourth-order valence-electron chi connectivity index (χ4n) is 2.95. The number of alkyl carbamates (subject to hydrolysis) is 1. The summed E-state index contributed by atoms with van der Waals surface area (Å²) >= 11 is 0. The van der Waals surface area contributed by atoms with Gasteiger partial charge >= 0.3 is 6.09 Å². The lowest BCUT2D eigenvalue weighted by atomic mass is 9.99. The van der Waals surface area contributed by atoms with Gasteiger partial charge in [0.15, 0.2) is 0 Å². The highest BCUT2D eigenvalue weighted by atomic mass is 16.6. The first kappa shape index (κ1) is 19.6. The monoisotopic (exact) mass is 379 g/mol. The van der Waals surface area contributed by atoms with E-state index >= 15 is 0 Å². The number of hydrazone groups is 1. The zero-order valence-electron chi connectivity index (χ0n) is 16.5. The average Bonchev–Trinajstić information content (AvgIpc) is 2.66. The van der Waals surface area contributed by atoms with Crippen LogP contribution in [0, 0.1) is 0 Å². The molecule has 2 aromatic carbocycles. The highest BCUT2D eigenvalue weighted by molar-refractivity contribution is 6.13. The molecule has 1 fully saturated rings. The summed E-state index contributed by atoms with van der Waals surface area (Å²) in [6.07, 6.45) is -0.604. The summed E-state index contributed by atoms with van der Waals surface area (Å²) < 4.78 is 5.24. The van der Waals surface area contributed by atoms with Crippen LogP contribution in [-0.2, 0) is 9.53 Å². The van der Waals surface area contributed by atoms with Crippen molar-refractivity contribution in [3.8, 4) is 0 Å². The minimum Gasteiger partial charge on any atom is -0.444 e. The van der Waals surface area contributed by atoms with Gasteiger partial charge < -0.3 is 10.1 Å². The van der Waals surface area contributed by atoms with E-state index in [2.05, 4.69) is 10.4 Å². The lowest BCUT2D eigenvalue weighted by Gasteiger charge is -2.42. The molecule has 2 atom stereocenters. The quantitative estimate of drug-likeness (QED) is 0.652. The number of hydrogen-bond acceptors (Lipinski definition) is 4. The van der Waals surface area contributed by atoms with Crippen molar-refractivity contribution < 1.29 is 14.3 Å². The van der Waals surface area contributed by atoms with E-state index in [4.69, 9.17) is 4.74 Å². The first-order valence-corrected chi connectivity index (χ1v) is 9.28. The predicted octanol–water partition coefficient (Wildman–Crippen LogP) is 3.56. The van der Waals surface area contributed by atoms with Crippen LogP contribution in [0.3, 0.4) is 0 Å². The van der Waals surface area contributed by atoms with Crippen LogP contribution >= 0.6 is 0 Å². The summed E-state index contributed by atoms with van der Waals surface area (Å²) in [5.74, 6) is -0.261. The molecule has 2 aromatic rings. The molecule has 3 rings (SSSR count). The van der Waals surface area contributed by atoms with E-state index in [1.165, 1.54) is 5.01 Å². The van der Waals surface area contributed by atoms with Crippen LogP contribution in [0.2, 0.25) is 0 Å². The van der Waals surface area contributed by atoms with Gasteiger partial charge in [0.25, 0.3) is 5.91 Å². The second-order valence-corrected chi connectivity index (χ2v) is 7.73. The fraction of sp³-hybridized carbons (Fsp3) is 0.318. The van der Waals surface area contributed by atoms with Crippen LogP contribution in [0.4, 0.5) is 4.79 Å². The summed E-state index contributed by atoms with van der Waals surface area (Å²) in [4.78, 5) is 24.6. The van der Waals surface area contributed by atoms with E-state index in [9.17, 15) is 9.59 Å². The lowest BCUT2D eigenvalue weighted by Crippen LogP contribution is -2.68. The smallest absolute Gasteiger partial charge is 0.408 e. The van der Waals surface area contributed by atoms with Crippen LogP contribution in [0.1, 0.15) is 38.8 Å². The number of β-lactam (4-membered cyclic amide) rings is 1. The molecule has 0 spiro atoms. The van der Waals surface area contributed by atoms with Gasteiger partial charge in [0, 0.05) is 11.1 Å². The van der Waals surface area contributed by atoms with Crippen molar-refractivity contribution in [2.75, 3.05) is 0 Å². The van der Waals surface area contributed by atoms with E-state index in [-0.39, 0.29) is 11.9 Å². The van der Waals surface area contributed by atoms with E-state index < -0.39 is 17.7 Å². The summed E-state index contributed by atoms with van der Waals surface area (Å²) in [5, 5.41) is 8.67. The van der Waals surface area contributed by atoms with Crippen molar-refractivity contribution in [1.82, 2.24) is 10.3 Å². The molecular weight excluding hydrogens is 354 g/mol. The number of benzene rings is 2. The Labute approximate surface area is 165 Å². The molecule has 1 heterocycles. The highest BCUT2D eigenvalue weighted by Crippen LogP contribution is 2.23. The maximum absolute atomic E-state index is 12.6. The maximum atomic E-state index is 12.6. The normalized spacial score (nSPS) is 18.9. The number of nitrogens with one attached hydrogen (secondary N) is 1. The van der Waals surface area contributed by atoms with Crippen LogP contribution in [0.5, 0.6) is 0 Å². The van der Waals surface area contributed by atoms with Crippen LogP contribution in [0.15, 0.2) is 65.8 Å². The first-order chi connectivity index (χ1) is 13.3. The second kappa shape index (κ2) is 7.84. The topological polar surface area (TPSA) is 71.0 Å². The van der Waals surface area contributed by atoms with Gasteiger partial charge in [0.1, 0.15) is 11.6 Å². The summed E-state index contributed by atoms with van der Waals surface area (Å²) in [7, 11) is 0. The van der Waals surface area contributed by atoms with Crippen molar-refractivity contribution >= 4 is 17.7 Å². The summed E-state index contributed by atoms with van der Waals surface area (Å²) in [6, 6.07) is 18.5. The molecule has 0 bridgehead atoms. The fourth-order valence-corrected chi connectivity index (χ4v) is 2.95. The van der Waals surface area contributed by atoms with Crippen LogP contribution in [-0.4, -0.2) is 40.4 Å². The minimum absolute atomic E-state index is 0.261. The van der Waals surface area contributed by atoms with Gasteiger partial charge in [-0.2, -0.15) is 5.10 Å². The number of hydrogen-bond donors (Lipinski definition) is 1. The Morgan fingerprint density at radius 2 is 1.50 bits per heavy atom.